The molecule has 0 saturated heterocycles. The fourth-order valence-electron chi connectivity index (χ4n) is 2.55. The number of anilines is 1. The number of guanidine groups is 1. The molecule has 28 heavy (non-hydrogen) atoms. The van der Waals surface area contributed by atoms with Gasteiger partial charge in [-0.3, -0.25) is 0 Å². The van der Waals surface area contributed by atoms with Crippen molar-refractivity contribution in [2.24, 2.45) is 10.9 Å². The first-order valence-electron chi connectivity index (χ1n) is 10.3. The summed E-state index contributed by atoms with van der Waals surface area (Å²) < 4.78 is 5.65. The number of carbonyl (C=O) groups is 1. The maximum atomic E-state index is 11.7. The Labute approximate surface area is 168 Å². The first-order chi connectivity index (χ1) is 13.6. The second-order valence-corrected chi connectivity index (χ2v) is 7.44. The minimum absolute atomic E-state index is 0.107. The predicted molar refractivity (Wildman–Crippen MR) is 115 cm³/mol. The van der Waals surface area contributed by atoms with Crippen LogP contribution in [0.25, 0.3) is 0 Å². The molecule has 1 aliphatic rings. The number of hydrogen-bond acceptors (Lipinski definition) is 3. The van der Waals surface area contributed by atoms with Gasteiger partial charge >= 0.3 is 6.03 Å². The highest BCUT2D eigenvalue weighted by Crippen LogP contribution is 2.28. The van der Waals surface area contributed by atoms with Crippen LogP contribution in [0.1, 0.15) is 45.6 Å². The number of aliphatic imine (C=N–C) groups is 1. The SMILES string of the molecule is CCNC(=NCc1ccc(NC(=O)NC(C)C)cc1)NCCCOCC1CC1. The van der Waals surface area contributed by atoms with Crippen LogP contribution in [0, 0.1) is 5.92 Å². The molecule has 4 N–H and O–H groups in total. The molecule has 1 saturated carbocycles. The number of amides is 2. The van der Waals surface area contributed by atoms with Gasteiger partial charge in [-0.15, -0.1) is 0 Å². The number of hydrogen-bond donors (Lipinski definition) is 4. The third-order valence-electron chi connectivity index (χ3n) is 4.20. The van der Waals surface area contributed by atoms with E-state index in [2.05, 4.69) is 33.2 Å². The largest absolute Gasteiger partial charge is 0.381 e. The summed E-state index contributed by atoms with van der Waals surface area (Å²) >= 11 is 0. The van der Waals surface area contributed by atoms with Crippen LogP contribution in [0.4, 0.5) is 10.5 Å². The Balaban J connectivity index is 1.71. The Morgan fingerprint density at radius 3 is 2.61 bits per heavy atom. The van der Waals surface area contributed by atoms with Crippen LogP contribution in [0.2, 0.25) is 0 Å². The van der Waals surface area contributed by atoms with Gasteiger partial charge in [0, 0.05) is 38.0 Å². The Bertz CT molecular complexity index is 612. The summed E-state index contributed by atoms with van der Waals surface area (Å²) in [5.74, 6) is 1.63. The quantitative estimate of drug-likeness (QED) is 0.266. The zero-order valence-corrected chi connectivity index (χ0v) is 17.4. The summed E-state index contributed by atoms with van der Waals surface area (Å²) in [5.41, 5.74) is 1.85. The molecule has 0 bridgehead atoms. The second kappa shape index (κ2) is 12.2. The molecule has 1 aromatic rings. The molecular formula is C21H35N5O2. The standard InChI is InChI=1S/C21H35N5O2/c1-4-22-20(23-12-5-13-28-15-18-6-7-18)24-14-17-8-10-19(11-9-17)26-21(27)25-16(2)3/h8-11,16,18H,4-7,12-15H2,1-3H3,(H2,22,23,24)(H2,25,26,27). The molecule has 1 fully saturated rings. The molecule has 0 unspecified atom stereocenters. The number of nitrogens with one attached hydrogen (secondary N) is 4. The van der Waals surface area contributed by atoms with E-state index in [-0.39, 0.29) is 12.1 Å². The van der Waals surface area contributed by atoms with E-state index in [1.54, 1.807) is 0 Å². The minimum atomic E-state index is -0.194. The third-order valence-corrected chi connectivity index (χ3v) is 4.20. The fourth-order valence-corrected chi connectivity index (χ4v) is 2.55. The van der Waals surface area contributed by atoms with Crippen molar-refractivity contribution in [1.29, 1.82) is 0 Å². The normalized spacial score (nSPS) is 14.1. The van der Waals surface area contributed by atoms with Gasteiger partial charge in [0.25, 0.3) is 0 Å². The first-order valence-corrected chi connectivity index (χ1v) is 10.3. The molecule has 2 rings (SSSR count). The molecular weight excluding hydrogens is 354 g/mol. The van der Waals surface area contributed by atoms with Gasteiger partial charge in [-0.1, -0.05) is 12.1 Å². The maximum absolute atomic E-state index is 11.7. The van der Waals surface area contributed by atoms with Gasteiger partial charge < -0.3 is 26.0 Å². The topological polar surface area (TPSA) is 86.8 Å². The van der Waals surface area contributed by atoms with Crippen molar-refractivity contribution in [3.8, 4) is 0 Å². The molecule has 0 radical (unpaired) electrons. The summed E-state index contributed by atoms with van der Waals surface area (Å²) in [6.07, 6.45) is 3.63. The molecule has 0 spiro atoms. The maximum Gasteiger partial charge on any atom is 0.319 e. The number of carbonyl (C=O) groups excluding carboxylic acids is 1. The zero-order chi connectivity index (χ0) is 20.2. The van der Waals surface area contributed by atoms with Crippen molar-refractivity contribution in [3.63, 3.8) is 0 Å². The number of urea groups is 1. The molecule has 0 atom stereocenters. The van der Waals surface area contributed by atoms with Gasteiger partial charge in [0.15, 0.2) is 5.96 Å². The zero-order valence-electron chi connectivity index (χ0n) is 17.4. The lowest BCUT2D eigenvalue weighted by atomic mass is 10.2. The summed E-state index contributed by atoms with van der Waals surface area (Å²) in [4.78, 5) is 16.4. The van der Waals surface area contributed by atoms with Crippen molar-refractivity contribution in [2.45, 2.75) is 52.6 Å². The van der Waals surface area contributed by atoms with Crippen molar-refractivity contribution in [1.82, 2.24) is 16.0 Å². The monoisotopic (exact) mass is 389 g/mol. The molecule has 1 aliphatic carbocycles. The van der Waals surface area contributed by atoms with Gasteiger partial charge in [-0.2, -0.15) is 0 Å². The molecule has 7 heteroatoms. The highest BCUT2D eigenvalue weighted by molar-refractivity contribution is 5.89. The van der Waals surface area contributed by atoms with Crippen LogP contribution >= 0.6 is 0 Å². The van der Waals surface area contributed by atoms with E-state index in [0.717, 1.165) is 55.9 Å². The summed E-state index contributed by atoms with van der Waals surface area (Å²) in [7, 11) is 0. The lowest BCUT2D eigenvalue weighted by molar-refractivity contribution is 0.123. The molecule has 0 heterocycles. The molecule has 7 nitrogen and oxygen atoms in total. The van der Waals surface area contributed by atoms with E-state index in [4.69, 9.17) is 4.74 Å². The van der Waals surface area contributed by atoms with Crippen LogP contribution in [0.5, 0.6) is 0 Å². The Kier molecular flexibility index (Phi) is 9.62. The number of nitrogens with zero attached hydrogens (tertiary/aromatic N) is 1. The average Bonchev–Trinajstić information content (AvgIpc) is 3.47. The highest BCUT2D eigenvalue weighted by atomic mass is 16.5. The number of rotatable bonds is 11. The molecule has 0 aliphatic heterocycles. The van der Waals surface area contributed by atoms with Crippen LogP contribution in [-0.2, 0) is 11.3 Å². The minimum Gasteiger partial charge on any atom is -0.381 e. The second-order valence-electron chi connectivity index (χ2n) is 7.44. The van der Waals surface area contributed by atoms with Crippen LogP contribution in [-0.4, -0.2) is 44.3 Å². The first kappa shape index (κ1) is 22.0. The van der Waals surface area contributed by atoms with Crippen LogP contribution < -0.4 is 21.3 Å². The molecule has 0 aromatic heterocycles. The highest BCUT2D eigenvalue weighted by Gasteiger charge is 2.20. The molecule has 2 amide bonds. The lowest BCUT2D eigenvalue weighted by Gasteiger charge is -2.12. The summed E-state index contributed by atoms with van der Waals surface area (Å²) in [6, 6.07) is 7.65. The molecule has 1 aromatic carbocycles. The third kappa shape index (κ3) is 9.60. The van der Waals surface area contributed by atoms with E-state index < -0.39 is 0 Å². The van der Waals surface area contributed by atoms with E-state index in [1.165, 1.54) is 12.8 Å². The Morgan fingerprint density at radius 2 is 1.96 bits per heavy atom. The Morgan fingerprint density at radius 1 is 1.21 bits per heavy atom. The van der Waals surface area contributed by atoms with Gasteiger partial charge in [0.05, 0.1) is 6.54 Å². The van der Waals surface area contributed by atoms with Crippen molar-refractivity contribution < 1.29 is 9.53 Å². The summed E-state index contributed by atoms with van der Waals surface area (Å²) in [5, 5.41) is 12.2. The van der Waals surface area contributed by atoms with E-state index in [9.17, 15) is 4.79 Å². The number of benzene rings is 1. The number of ether oxygens (including phenoxy) is 1. The van der Waals surface area contributed by atoms with Gasteiger partial charge in [-0.05, 0) is 63.6 Å². The van der Waals surface area contributed by atoms with E-state index in [1.807, 2.05) is 38.1 Å². The van der Waals surface area contributed by atoms with Gasteiger partial charge in [-0.25, -0.2) is 9.79 Å². The fraction of sp³-hybridized carbons (Fsp3) is 0.619. The van der Waals surface area contributed by atoms with Crippen molar-refractivity contribution in [3.05, 3.63) is 29.8 Å². The summed E-state index contributed by atoms with van der Waals surface area (Å²) in [6.45, 7) is 9.85. The van der Waals surface area contributed by atoms with E-state index in [0.29, 0.717) is 6.54 Å². The Hall–Kier alpha value is -2.28. The van der Waals surface area contributed by atoms with Crippen molar-refractivity contribution >= 4 is 17.7 Å². The lowest BCUT2D eigenvalue weighted by Crippen LogP contribution is -2.38. The smallest absolute Gasteiger partial charge is 0.319 e. The van der Waals surface area contributed by atoms with Gasteiger partial charge in [0.1, 0.15) is 0 Å². The van der Waals surface area contributed by atoms with E-state index >= 15 is 0 Å². The van der Waals surface area contributed by atoms with Gasteiger partial charge in [0.2, 0.25) is 0 Å². The average molecular weight is 390 g/mol. The van der Waals surface area contributed by atoms with Crippen molar-refractivity contribution in [2.75, 3.05) is 31.6 Å². The van der Waals surface area contributed by atoms with Crippen LogP contribution in [0.3, 0.4) is 0 Å². The molecule has 156 valence electrons. The van der Waals surface area contributed by atoms with Crippen LogP contribution in [0.15, 0.2) is 29.3 Å². The predicted octanol–water partition coefficient (Wildman–Crippen LogP) is 3.09.